The molecule has 0 rings (SSSR count). The average Bonchev–Trinajstić information content (AvgIpc) is 2.39. The number of carbonyl (C=O) groups excluding carboxylic acids is 1. The van der Waals surface area contributed by atoms with E-state index in [4.69, 9.17) is 18.9 Å². The Balaban J connectivity index is 2.97. The lowest BCUT2D eigenvalue weighted by molar-refractivity contribution is -0.00565. The van der Waals surface area contributed by atoms with E-state index in [9.17, 15) is 4.79 Å². The Kier molecular flexibility index (Phi) is 13.5. The molecule has 0 aliphatic rings. The van der Waals surface area contributed by atoms with Crippen molar-refractivity contribution in [2.45, 2.75) is 0 Å². The number of methoxy groups -OCH3 is 1. The highest BCUT2D eigenvalue weighted by molar-refractivity contribution is 5.59. The van der Waals surface area contributed by atoms with E-state index >= 15 is 0 Å². The summed E-state index contributed by atoms with van der Waals surface area (Å²) in [5.74, 6) is 0. The molecule has 7 nitrogen and oxygen atoms in total. The maximum atomic E-state index is 10.5. The Hall–Kier alpha value is -0.890. The molecule has 0 aromatic rings. The van der Waals surface area contributed by atoms with E-state index in [1.165, 1.54) is 0 Å². The summed E-state index contributed by atoms with van der Waals surface area (Å²) in [4.78, 5) is 10.5. The van der Waals surface area contributed by atoms with Gasteiger partial charge in [-0.3, -0.25) is 0 Å². The molecule has 0 bridgehead atoms. The second kappa shape index (κ2) is 14.2. The highest BCUT2D eigenvalue weighted by atomic mass is 16.7. The van der Waals surface area contributed by atoms with E-state index in [0.29, 0.717) is 46.2 Å². The van der Waals surface area contributed by atoms with Crippen LogP contribution in [0.25, 0.3) is 0 Å². The fraction of sp³-hybridized carbons (Fsp3) is 0.818. The molecular formula is C11H21O7. The number of rotatable bonds is 12. The lowest BCUT2D eigenvalue weighted by Crippen LogP contribution is -2.14. The maximum Gasteiger partial charge on any atom is 0.508 e. The van der Waals surface area contributed by atoms with Gasteiger partial charge in [-0.05, 0) is 0 Å². The van der Waals surface area contributed by atoms with E-state index < -0.39 is 6.16 Å². The zero-order valence-corrected chi connectivity index (χ0v) is 10.7. The summed E-state index contributed by atoms with van der Waals surface area (Å²) in [5.41, 5.74) is 0. The zero-order chi connectivity index (χ0) is 13.5. The van der Waals surface area contributed by atoms with Gasteiger partial charge in [-0.2, -0.15) is 0 Å². The Morgan fingerprint density at radius 3 is 1.72 bits per heavy atom. The second-order valence-corrected chi connectivity index (χ2v) is 3.07. The van der Waals surface area contributed by atoms with Crippen molar-refractivity contribution in [1.29, 1.82) is 0 Å². The number of carbonyl (C=O) groups is 1. The summed E-state index contributed by atoms with van der Waals surface area (Å²) in [7, 11) is 4.53. The molecule has 0 aromatic heterocycles. The Morgan fingerprint density at radius 1 is 0.833 bits per heavy atom. The van der Waals surface area contributed by atoms with Crippen LogP contribution in [0.15, 0.2) is 0 Å². The Labute approximate surface area is 107 Å². The third kappa shape index (κ3) is 13.2. The molecule has 0 saturated heterocycles. The van der Waals surface area contributed by atoms with Crippen molar-refractivity contribution in [2.24, 2.45) is 0 Å². The van der Waals surface area contributed by atoms with Crippen LogP contribution in [-0.2, 0) is 28.4 Å². The van der Waals surface area contributed by atoms with Gasteiger partial charge in [0.15, 0.2) is 0 Å². The summed E-state index contributed by atoms with van der Waals surface area (Å²) in [6.07, 6.45) is -0.817. The molecule has 0 amide bonds. The van der Waals surface area contributed by atoms with Crippen LogP contribution in [0.3, 0.4) is 0 Å². The molecule has 0 atom stereocenters. The normalized spacial score (nSPS) is 10.3. The molecular weight excluding hydrogens is 244 g/mol. The largest absolute Gasteiger partial charge is 0.508 e. The first kappa shape index (κ1) is 17.1. The Morgan fingerprint density at radius 2 is 1.28 bits per heavy atom. The molecule has 0 fully saturated rings. The van der Waals surface area contributed by atoms with Gasteiger partial charge in [0.1, 0.15) is 13.7 Å². The summed E-state index contributed by atoms with van der Waals surface area (Å²) in [6.45, 7) is 3.51. The SMILES string of the molecule is [CH2]OC(=O)OCCOCCOCCOCCOC. The van der Waals surface area contributed by atoms with Crippen molar-refractivity contribution in [3.63, 3.8) is 0 Å². The standard InChI is InChI=1S/C11H21O7/c1-13-3-4-15-5-6-16-7-8-17-9-10-18-11(12)14-2/h2-10H2,1H3. The molecule has 0 heterocycles. The van der Waals surface area contributed by atoms with Gasteiger partial charge >= 0.3 is 6.16 Å². The van der Waals surface area contributed by atoms with E-state index in [0.717, 1.165) is 0 Å². The number of ether oxygens (including phenoxy) is 6. The van der Waals surface area contributed by atoms with Crippen LogP contribution in [0.5, 0.6) is 0 Å². The van der Waals surface area contributed by atoms with Gasteiger partial charge in [0.25, 0.3) is 0 Å². The highest BCUT2D eigenvalue weighted by Crippen LogP contribution is 1.85. The fourth-order valence-electron chi connectivity index (χ4n) is 0.910. The van der Waals surface area contributed by atoms with E-state index in [-0.39, 0.29) is 6.61 Å². The lowest BCUT2D eigenvalue weighted by Gasteiger charge is -2.06. The average molecular weight is 265 g/mol. The third-order valence-corrected chi connectivity index (χ3v) is 1.74. The second-order valence-electron chi connectivity index (χ2n) is 3.07. The molecule has 0 aliphatic carbocycles. The molecule has 0 unspecified atom stereocenters. The van der Waals surface area contributed by atoms with Gasteiger partial charge < -0.3 is 28.4 Å². The summed E-state index contributed by atoms with van der Waals surface area (Å²) in [6, 6.07) is 0. The topological polar surface area (TPSA) is 72.5 Å². The number of hydrogen-bond donors (Lipinski definition) is 0. The van der Waals surface area contributed by atoms with E-state index in [1.54, 1.807) is 7.11 Å². The van der Waals surface area contributed by atoms with E-state index in [2.05, 4.69) is 16.6 Å². The predicted octanol–water partition coefficient (Wildman–Crippen LogP) is 0.627. The van der Waals surface area contributed by atoms with Gasteiger partial charge in [-0.1, -0.05) is 0 Å². The highest BCUT2D eigenvalue weighted by Gasteiger charge is 1.98. The molecule has 1 radical (unpaired) electrons. The smallest absolute Gasteiger partial charge is 0.432 e. The monoisotopic (exact) mass is 265 g/mol. The van der Waals surface area contributed by atoms with Gasteiger partial charge in [-0.25, -0.2) is 4.79 Å². The zero-order valence-electron chi connectivity index (χ0n) is 10.7. The molecule has 18 heavy (non-hydrogen) atoms. The van der Waals surface area contributed by atoms with Crippen LogP contribution in [-0.4, -0.2) is 66.1 Å². The van der Waals surface area contributed by atoms with Crippen LogP contribution < -0.4 is 0 Å². The Bertz CT molecular complexity index is 186. The molecule has 107 valence electrons. The summed E-state index contributed by atoms with van der Waals surface area (Å²) < 4.78 is 29.0. The molecule has 0 aromatic carbocycles. The lowest BCUT2D eigenvalue weighted by atomic mass is 10.7. The van der Waals surface area contributed by atoms with Crippen LogP contribution >= 0.6 is 0 Å². The van der Waals surface area contributed by atoms with Crippen molar-refractivity contribution >= 4 is 6.16 Å². The van der Waals surface area contributed by atoms with Gasteiger partial charge in [0.2, 0.25) is 0 Å². The predicted molar refractivity (Wildman–Crippen MR) is 62.1 cm³/mol. The van der Waals surface area contributed by atoms with Crippen LogP contribution in [0.4, 0.5) is 4.79 Å². The minimum atomic E-state index is -0.817. The first-order valence-corrected chi connectivity index (χ1v) is 5.62. The van der Waals surface area contributed by atoms with Crippen molar-refractivity contribution in [3.8, 4) is 0 Å². The summed E-state index contributed by atoms with van der Waals surface area (Å²) in [5, 5.41) is 0. The molecule has 0 N–H and O–H groups in total. The summed E-state index contributed by atoms with van der Waals surface area (Å²) >= 11 is 0. The van der Waals surface area contributed by atoms with E-state index in [1.807, 2.05) is 0 Å². The van der Waals surface area contributed by atoms with Crippen LogP contribution in [0.2, 0.25) is 0 Å². The molecule has 0 saturated carbocycles. The fourth-order valence-corrected chi connectivity index (χ4v) is 0.910. The van der Waals surface area contributed by atoms with Crippen molar-refractivity contribution in [3.05, 3.63) is 7.11 Å². The molecule has 7 heteroatoms. The van der Waals surface area contributed by atoms with Crippen LogP contribution in [0, 0.1) is 7.11 Å². The van der Waals surface area contributed by atoms with Gasteiger partial charge in [0, 0.05) is 7.11 Å². The minimum Gasteiger partial charge on any atom is -0.432 e. The van der Waals surface area contributed by atoms with Crippen molar-refractivity contribution in [2.75, 3.05) is 60.0 Å². The van der Waals surface area contributed by atoms with Gasteiger partial charge in [0.05, 0.1) is 46.2 Å². The van der Waals surface area contributed by atoms with Crippen molar-refractivity contribution in [1.82, 2.24) is 0 Å². The van der Waals surface area contributed by atoms with Gasteiger partial charge in [-0.15, -0.1) is 0 Å². The molecule has 0 spiro atoms. The van der Waals surface area contributed by atoms with Crippen molar-refractivity contribution < 1.29 is 33.2 Å². The molecule has 0 aliphatic heterocycles. The first-order chi connectivity index (χ1) is 8.81. The minimum absolute atomic E-state index is 0.133. The first-order valence-electron chi connectivity index (χ1n) is 5.62. The third-order valence-electron chi connectivity index (χ3n) is 1.74. The maximum absolute atomic E-state index is 10.5. The quantitative estimate of drug-likeness (QED) is 0.378. The number of hydrogen-bond acceptors (Lipinski definition) is 7. The van der Waals surface area contributed by atoms with Crippen LogP contribution in [0.1, 0.15) is 0 Å².